The molecular weight excluding hydrogens is 378 g/mol. The third-order valence-electron chi connectivity index (χ3n) is 2.85. The van der Waals surface area contributed by atoms with E-state index in [1.165, 1.54) is 0 Å². The summed E-state index contributed by atoms with van der Waals surface area (Å²) in [4.78, 5) is 22.5. The zero-order valence-corrected chi connectivity index (χ0v) is 14.3. The predicted molar refractivity (Wildman–Crippen MR) is 91.1 cm³/mol. The maximum atomic E-state index is 11.9. The van der Waals surface area contributed by atoms with Gasteiger partial charge in [0, 0.05) is 4.47 Å². The SMILES string of the molecule is NC(=O)COc1ccc(C(=O)OCCOc2cccc(Br)c2)cc1. The summed E-state index contributed by atoms with van der Waals surface area (Å²) in [7, 11) is 0. The van der Waals surface area contributed by atoms with Gasteiger partial charge in [0.25, 0.3) is 5.91 Å². The number of rotatable bonds is 8. The molecule has 6 nitrogen and oxygen atoms in total. The summed E-state index contributed by atoms with van der Waals surface area (Å²) in [5, 5.41) is 0. The molecule has 0 bridgehead atoms. The fourth-order valence-electron chi connectivity index (χ4n) is 1.78. The van der Waals surface area contributed by atoms with Crippen molar-refractivity contribution in [3.63, 3.8) is 0 Å². The minimum absolute atomic E-state index is 0.130. The number of esters is 1. The lowest BCUT2D eigenvalue weighted by molar-refractivity contribution is -0.119. The summed E-state index contributed by atoms with van der Waals surface area (Å²) >= 11 is 3.35. The monoisotopic (exact) mass is 393 g/mol. The molecule has 0 heterocycles. The molecule has 0 unspecified atom stereocenters. The fraction of sp³-hybridized carbons (Fsp3) is 0.176. The number of nitrogens with two attached hydrogens (primary N) is 1. The van der Waals surface area contributed by atoms with Gasteiger partial charge in [-0.3, -0.25) is 4.79 Å². The first-order valence-electron chi connectivity index (χ1n) is 7.11. The molecule has 0 saturated heterocycles. The lowest BCUT2D eigenvalue weighted by Gasteiger charge is -2.08. The van der Waals surface area contributed by atoms with E-state index in [9.17, 15) is 9.59 Å². The van der Waals surface area contributed by atoms with E-state index in [0.29, 0.717) is 17.1 Å². The third kappa shape index (κ3) is 5.92. The highest BCUT2D eigenvalue weighted by Crippen LogP contribution is 2.17. The van der Waals surface area contributed by atoms with Crippen molar-refractivity contribution >= 4 is 27.8 Å². The molecule has 0 saturated carbocycles. The number of carbonyl (C=O) groups excluding carboxylic acids is 2. The number of hydrogen-bond acceptors (Lipinski definition) is 5. The number of ether oxygens (including phenoxy) is 3. The van der Waals surface area contributed by atoms with Crippen molar-refractivity contribution in [1.82, 2.24) is 0 Å². The average Bonchev–Trinajstić information content (AvgIpc) is 2.57. The Morgan fingerprint density at radius 2 is 1.71 bits per heavy atom. The standard InChI is InChI=1S/C17H16BrNO5/c18-13-2-1-3-15(10-13)22-8-9-23-17(21)12-4-6-14(7-5-12)24-11-16(19)20/h1-7,10H,8-9,11H2,(H2,19,20). The van der Waals surface area contributed by atoms with Gasteiger partial charge in [-0.05, 0) is 42.5 Å². The Hall–Kier alpha value is -2.54. The number of benzene rings is 2. The molecule has 0 atom stereocenters. The van der Waals surface area contributed by atoms with Crippen LogP contribution in [0.1, 0.15) is 10.4 Å². The molecular formula is C17H16BrNO5. The summed E-state index contributed by atoms with van der Waals surface area (Å²) in [6, 6.07) is 13.6. The van der Waals surface area contributed by atoms with Crippen LogP contribution in [-0.2, 0) is 9.53 Å². The predicted octanol–water partition coefficient (Wildman–Crippen LogP) is 2.55. The number of halogens is 1. The Balaban J connectivity index is 1.75. The average molecular weight is 394 g/mol. The highest BCUT2D eigenvalue weighted by molar-refractivity contribution is 9.10. The summed E-state index contributed by atoms with van der Waals surface area (Å²) < 4.78 is 16.6. The van der Waals surface area contributed by atoms with E-state index in [-0.39, 0.29) is 19.8 Å². The van der Waals surface area contributed by atoms with Crippen LogP contribution >= 0.6 is 15.9 Å². The lowest BCUT2D eigenvalue weighted by atomic mass is 10.2. The molecule has 0 aromatic heterocycles. The highest BCUT2D eigenvalue weighted by Gasteiger charge is 2.07. The van der Waals surface area contributed by atoms with E-state index in [2.05, 4.69) is 15.9 Å². The van der Waals surface area contributed by atoms with Gasteiger partial charge in [0.1, 0.15) is 24.7 Å². The van der Waals surface area contributed by atoms with E-state index >= 15 is 0 Å². The van der Waals surface area contributed by atoms with Crippen LogP contribution in [-0.4, -0.2) is 31.7 Å². The van der Waals surface area contributed by atoms with Gasteiger partial charge >= 0.3 is 5.97 Å². The Labute approximate surface area is 147 Å². The number of amides is 1. The van der Waals surface area contributed by atoms with Crippen molar-refractivity contribution in [3.8, 4) is 11.5 Å². The third-order valence-corrected chi connectivity index (χ3v) is 3.35. The second-order valence-corrected chi connectivity index (χ2v) is 5.64. The molecule has 2 aromatic carbocycles. The zero-order valence-electron chi connectivity index (χ0n) is 12.7. The Kier molecular flexibility index (Phi) is 6.62. The summed E-state index contributed by atoms with van der Waals surface area (Å²) in [5.41, 5.74) is 5.36. The maximum Gasteiger partial charge on any atom is 0.338 e. The molecule has 0 radical (unpaired) electrons. The first-order chi connectivity index (χ1) is 11.5. The molecule has 0 spiro atoms. The normalized spacial score (nSPS) is 10.0. The number of hydrogen-bond donors (Lipinski definition) is 1. The van der Waals surface area contributed by atoms with Crippen molar-refractivity contribution < 1.29 is 23.8 Å². The van der Waals surface area contributed by atoms with Crippen LogP contribution in [0.4, 0.5) is 0 Å². The minimum atomic E-state index is -0.566. The van der Waals surface area contributed by atoms with Crippen LogP contribution in [0.5, 0.6) is 11.5 Å². The molecule has 0 fully saturated rings. The van der Waals surface area contributed by atoms with Gasteiger partial charge in [-0.1, -0.05) is 22.0 Å². The van der Waals surface area contributed by atoms with E-state index in [4.69, 9.17) is 19.9 Å². The molecule has 0 aliphatic rings. The fourth-order valence-corrected chi connectivity index (χ4v) is 2.15. The first-order valence-corrected chi connectivity index (χ1v) is 7.90. The number of primary amides is 1. The van der Waals surface area contributed by atoms with Gasteiger partial charge in [0.05, 0.1) is 5.56 Å². The van der Waals surface area contributed by atoms with Crippen LogP contribution in [0, 0.1) is 0 Å². The zero-order chi connectivity index (χ0) is 17.4. The van der Waals surface area contributed by atoms with Gasteiger partial charge in [0.2, 0.25) is 0 Å². The maximum absolute atomic E-state index is 11.9. The Morgan fingerprint density at radius 1 is 0.958 bits per heavy atom. The molecule has 2 rings (SSSR count). The second-order valence-electron chi connectivity index (χ2n) is 4.72. The molecule has 7 heteroatoms. The smallest absolute Gasteiger partial charge is 0.338 e. The molecule has 0 aliphatic carbocycles. The van der Waals surface area contributed by atoms with Crippen molar-refractivity contribution in [1.29, 1.82) is 0 Å². The summed E-state index contributed by atoms with van der Waals surface area (Å²) in [6.07, 6.45) is 0. The summed E-state index contributed by atoms with van der Waals surface area (Å²) in [6.45, 7) is 0.171. The van der Waals surface area contributed by atoms with Crippen molar-refractivity contribution in [2.45, 2.75) is 0 Å². The molecule has 1 amide bonds. The first kappa shape index (κ1) is 17.8. The second kappa shape index (κ2) is 8.93. The van der Waals surface area contributed by atoms with Crippen molar-refractivity contribution in [2.24, 2.45) is 5.73 Å². The van der Waals surface area contributed by atoms with E-state index in [1.807, 2.05) is 24.3 Å². The van der Waals surface area contributed by atoms with Gasteiger partial charge in [0.15, 0.2) is 6.61 Å². The van der Waals surface area contributed by atoms with Crippen LogP contribution in [0.2, 0.25) is 0 Å². The lowest BCUT2D eigenvalue weighted by Crippen LogP contribution is -2.20. The minimum Gasteiger partial charge on any atom is -0.490 e. The van der Waals surface area contributed by atoms with E-state index in [1.54, 1.807) is 24.3 Å². The van der Waals surface area contributed by atoms with Gasteiger partial charge in [-0.25, -0.2) is 4.79 Å². The largest absolute Gasteiger partial charge is 0.490 e. The summed E-state index contributed by atoms with van der Waals surface area (Å²) in [5.74, 6) is 0.109. The molecule has 0 aliphatic heterocycles. The van der Waals surface area contributed by atoms with Crippen molar-refractivity contribution in [3.05, 3.63) is 58.6 Å². The van der Waals surface area contributed by atoms with Gasteiger partial charge < -0.3 is 19.9 Å². The van der Waals surface area contributed by atoms with Crippen molar-refractivity contribution in [2.75, 3.05) is 19.8 Å². The quantitative estimate of drug-likeness (QED) is 0.549. The Bertz CT molecular complexity index is 702. The van der Waals surface area contributed by atoms with Crippen LogP contribution in [0.25, 0.3) is 0 Å². The molecule has 2 N–H and O–H groups in total. The number of carbonyl (C=O) groups is 2. The molecule has 2 aromatic rings. The topological polar surface area (TPSA) is 87.9 Å². The molecule has 126 valence electrons. The van der Waals surface area contributed by atoms with Crippen LogP contribution in [0.15, 0.2) is 53.0 Å². The molecule has 24 heavy (non-hydrogen) atoms. The Morgan fingerprint density at radius 3 is 2.38 bits per heavy atom. The van der Waals surface area contributed by atoms with E-state index in [0.717, 1.165) is 4.47 Å². The highest BCUT2D eigenvalue weighted by atomic mass is 79.9. The van der Waals surface area contributed by atoms with Crippen LogP contribution in [0.3, 0.4) is 0 Å². The van der Waals surface area contributed by atoms with Crippen LogP contribution < -0.4 is 15.2 Å². The van der Waals surface area contributed by atoms with E-state index < -0.39 is 11.9 Å². The van der Waals surface area contributed by atoms with Gasteiger partial charge in [-0.15, -0.1) is 0 Å². The van der Waals surface area contributed by atoms with Gasteiger partial charge in [-0.2, -0.15) is 0 Å².